The van der Waals surface area contributed by atoms with Gasteiger partial charge in [0.15, 0.2) is 0 Å². The van der Waals surface area contributed by atoms with Gasteiger partial charge in [0, 0.05) is 10.7 Å². The Balaban J connectivity index is 2.02. The van der Waals surface area contributed by atoms with Gasteiger partial charge in [-0.1, -0.05) is 42.5 Å². The topological polar surface area (TPSA) is 41.5 Å². The van der Waals surface area contributed by atoms with Gasteiger partial charge in [-0.2, -0.15) is 5.10 Å². The zero-order chi connectivity index (χ0) is 14.5. The lowest BCUT2D eigenvalue weighted by atomic mass is 9.86. The fourth-order valence-electron chi connectivity index (χ4n) is 2.48. The van der Waals surface area contributed by atoms with Gasteiger partial charge in [-0.3, -0.25) is 4.79 Å². The molecule has 0 saturated heterocycles. The molecule has 0 aromatic heterocycles. The molecule has 0 bridgehead atoms. The van der Waals surface area contributed by atoms with Crippen molar-refractivity contribution in [2.75, 3.05) is 0 Å². The predicted molar refractivity (Wildman–Crippen MR) is 83.6 cm³/mol. The number of hydrogen-bond acceptors (Lipinski definition) is 2. The predicted octanol–water partition coefficient (Wildman–Crippen LogP) is 4.68. The Bertz CT molecular complexity index is 523. The Labute approximate surface area is 129 Å². The Morgan fingerprint density at radius 2 is 1.95 bits per heavy atom. The van der Waals surface area contributed by atoms with E-state index in [1.807, 2.05) is 6.92 Å². The molecule has 1 fully saturated rings. The lowest BCUT2D eigenvalue weighted by molar-refractivity contribution is 0.0954. The van der Waals surface area contributed by atoms with Crippen molar-refractivity contribution in [3.05, 3.63) is 33.8 Å². The number of nitrogens with zero attached hydrogens (tertiary/aromatic N) is 1. The summed E-state index contributed by atoms with van der Waals surface area (Å²) in [6.45, 7) is 1.97. The van der Waals surface area contributed by atoms with Crippen LogP contribution in [0.2, 0.25) is 10.0 Å². The summed E-state index contributed by atoms with van der Waals surface area (Å²) in [5.74, 6) is 0.159. The molecule has 1 aromatic rings. The normalized spacial score (nSPS) is 17.1. The zero-order valence-corrected chi connectivity index (χ0v) is 13.0. The molecule has 0 radical (unpaired) electrons. The minimum atomic E-state index is -0.326. The lowest BCUT2D eigenvalue weighted by Gasteiger charge is -2.21. The standard InChI is InChI=1S/C15H18Cl2N2O/c1-10(11-5-3-2-4-6-11)18-19-15(20)13-9-12(16)7-8-14(13)17/h7-9,11H,2-6H2,1H3,(H,19,20)/b18-10-. The third kappa shape index (κ3) is 3.97. The second-order valence-corrected chi connectivity index (χ2v) is 6.00. The van der Waals surface area contributed by atoms with Crippen molar-refractivity contribution in [2.24, 2.45) is 11.0 Å². The highest BCUT2D eigenvalue weighted by Crippen LogP contribution is 2.25. The van der Waals surface area contributed by atoms with E-state index in [0.29, 0.717) is 21.5 Å². The molecular weight excluding hydrogens is 295 g/mol. The van der Waals surface area contributed by atoms with E-state index in [4.69, 9.17) is 23.2 Å². The van der Waals surface area contributed by atoms with Crippen LogP contribution in [0.3, 0.4) is 0 Å². The van der Waals surface area contributed by atoms with Gasteiger partial charge in [0.2, 0.25) is 0 Å². The third-order valence-electron chi connectivity index (χ3n) is 3.70. The van der Waals surface area contributed by atoms with Crippen molar-refractivity contribution in [2.45, 2.75) is 39.0 Å². The van der Waals surface area contributed by atoms with Crippen molar-refractivity contribution in [1.29, 1.82) is 0 Å². The Morgan fingerprint density at radius 1 is 1.25 bits per heavy atom. The second kappa shape index (κ2) is 7.09. The quantitative estimate of drug-likeness (QED) is 0.639. The smallest absolute Gasteiger partial charge is 0.267 e. The molecule has 0 unspecified atom stereocenters. The van der Waals surface area contributed by atoms with Gasteiger partial charge in [-0.05, 0) is 43.9 Å². The van der Waals surface area contributed by atoms with E-state index < -0.39 is 0 Å². The number of carbonyl (C=O) groups is 1. The molecule has 1 amide bonds. The maximum Gasteiger partial charge on any atom is 0.272 e. The molecule has 0 spiro atoms. The summed E-state index contributed by atoms with van der Waals surface area (Å²) < 4.78 is 0. The molecule has 0 heterocycles. The first kappa shape index (κ1) is 15.3. The molecule has 5 heteroatoms. The molecule has 1 saturated carbocycles. The molecule has 108 valence electrons. The maximum atomic E-state index is 12.0. The first-order chi connectivity index (χ1) is 9.58. The number of halogens is 2. The third-order valence-corrected chi connectivity index (χ3v) is 4.27. The molecule has 1 aliphatic rings. The maximum absolute atomic E-state index is 12.0. The Kier molecular flexibility index (Phi) is 5.44. The van der Waals surface area contributed by atoms with E-state index in [2.05, 4.69) is 10.5 Å². The minimum Gasteiger partial charge on any atom is -0.267 e. The van der Waals surface area contributed by atoms with Gasteiger partial charge in [-0.25, -0.2) is 5.43 Å². The van der Waals surface area contributed by atoms with Crippen molar-refractivity contribution in [3.63, 3.8) is 0 Å². The molecule has 1 aliphatic carbocycles. The monoisotopic (exact) mass is 312 g/mol. The molecule has 3 nitrogen and oxygen atoms in total. The van der Waals surface area contributed by atoms with Gasteiger partial charge < -0.3 is 0 Å². The molecule has 0 aliphatic heterocycles. The van der Waals surface area contributed by atoms with Crippen LogP contribution in [0.15, 0.2) is 23.3 Å². The average molecular weight is 313 g/mol. The van der Waals surface area contributed by atoms with Crippen LogP contribution in [-0.4, -0.2) is 11.6 Å². The summed E-state index contributed by atoms with van der Waals surface area (Å²) in [5, 5.41) is 5.06. The molecular formula is C15H18Cl2N2O. The summed E-state index contributed by atoms with van der Waals surface area (Å²) in [4.78, 5) is 12.0. The SMILES string of the molecule is C/C(=N/NC(=O)c1cc(Cl)ccc1Cl)C1CCCCC1. The highest BCUT2D eigenvalue weighted by Gasteiger charge is 2.17. The van der Waals surface area contributed by atoms with Crippen LogP contribution in [0, 0.1) is 5.92 Å². The molecule has 1 N–H and O–H groups in total. The van der Waals surface area contributed by atoms with Crippen LogP contribution < -0.4 is 5.43 Å². The van der Waals surface area contributed by atoms with Crippen molar-refractivity contribution in [1.82, 2.24) is 5.43 Å². The van der Waals surface area contributed by atoms with Gasteiger partial charge >= 0.3 is 0 Å². The van der Waals surface area contributed by atoms with Gasteiger partial charge in [0.05, 0.1) is 10.6 Å². The lowest BCUT2D eigenvalue weighted by Crippen LogP contribution is -2.23. The van der Waals surface area contributed by atoms with Crippen molar-refractivity contribution >= 4 is 34.8 Å². The fourth-order valence-corrected chi connectivity index (χ4v) is 2.86. The van der Waals surface area contributed by atoms with Crippen LogP contribution in [0.1, 0.15) is 49.4 Å². The molecule has 0 atom stereocenters. The van der Waals surface area contributed by atoms with E-state index in [-0.39, 0.29) is 5.91 Å². The van der Waals surface area contributed by atoms with Crippen LogP contribution in [0.4, 0.5) is 0 Å². The highest BCUT2D eigenvalue weighted by molar-refractivity contribution is 6.35. The molecule has 20 heavy (non-hydrogen) atoms. The summed E-state index contributed by atoms with van der Waals surface area (Å²) >= 11 is 11.9. The summed E-state index contributed by atoms with van der Waals surface area (Å²) in [7, 11) is 0. The van der Waals surface area contributed by atoms with Crippen LogP contribution in [0.25, 0.3) is 0 Å². The largest absolute Gasteiger partial charge is 0.272 e. The fraction of sp³-hybridized carbons (Fsp3) is 0.467. The molecule has 1 aromatic carbocycles. The number of hydrogen-bond donors (Lipinski definition) is 1. The van der Waals surface area contributed by atoms with Crippen molar-refractivity contribution in [3.8, 4) is 0 Å². The highest BCUT2D eigenvalue weighted by atomic mass is 35.5. The summed E-state index contributed by atoms with van der Waals surface area (Å²) in [6.07, 6.45) is 6.09. The van der Waals surface area contributed by atoms with E-state index in [1.54, 1.807) is 18.2 Å². The first-order valence-electron chi connectivity index (χ1n) is 6.87. The second-order valence-electron chi connectivity index (χ2n) is 5.15. The number of carbonyl (C=O) groups excluding carboxylic acids is 1. The Hall–Kier alpha value is -1.06. The number of rotatable bonds is 3. The molecule has 2 rings (SSSR count). The van der Waals surface area contributed by atoms with Crippen molar-refractivity contribution < 1.29 is 4.79 Å². The Morgan fingerprint density at radius 3 is 2.65 bits per heavy atom. The van der Waals surface area contributed by atoms with E-state index in [0.717, 1.165) is 18.6 Å². The average Bonchev–Trinajstić information content (AvgIpc) is 2.47. The van der Waals surface area contributed by atoms with Crippen LogP contribution in [-0.2, 0) is 0 Å². The van der Waals surface area contributed by atoms with Gasteiger partial charge in [0.1, 0.15) is 0 Å². The van der Waals surface area contributed by atoms with Crippen LogP contribution in [0.5, 0.6) is 0 Å². The number of hydrazone groups is 1. The number of amides is 1. The first-order valence-corrected chi connectivity index (χ1v) is 7.63. The minimum absolute atomic E-state index is 0.326. The van der Waals surface area contributed by atoms with E-state index >= 15 is 0 Å². The summed E-state index contributed by atoms with van der Waals surface area (Å²) in [5.41, 5.74) is 3.90. The van der Waals surface area contributed by atoms with Gasteiger partial charge in [-0.15, -0.1) is 0 Å². The number of benzene rings is 1. The van der Waals surface area contributed by atoms with E-state index in [9.17, 15) is 4.79 Å². The zero-order valence-electron chi connectivity index (χ0n) is 11.5. The van der Waals surface area contributed by atoms with E-state index in [1.165, 1.54) is 19.3 Å². The number of nitrogens with one attached hydrogen (secondary N) is 1. The summed E-state index contributed by atoms with van der Waals surface area (Å²) in [6, 6.07) is 4.80. The van der Waals surface area contributed by atoms with Crippen LogP contribution >= 0.6 is 23.2 Å². The van der Waals surface area contributed by atoms with Gasteiger partial charge in [0.25, 0.3) is 5.91 Å².